The highest BCUT2D eigenvalue weighted by atomic mass is 32.2. The summed E-state index contributed by atoms with van der Waals surface area (Å²) in [6, 6.07) is 6.91. The molecule has 1 aliphatic heterocycles. The maximum Gasteiger partial charge on any atom is 0.0669 e. The Balaban J connectivity index is 2.15. The molecule has 2 N–H and O–H groups in total. The predicted octanol–water partition coefficient (Wildman–Crippen LogP) is 3.15. The molecule has 3 heteroatoms. The first-order valence-electron chi connectivity index (χ1n) is 6.69. The van der Waals surface area contributed by atoms with E-state index >= 15 is 0 Å². The van der Waals surface area contributed by atoms with Gasteiger partial charge in [0, 0.05) is 22.8 Å². The number of benzene rings is 1. The summed E-state index contributed by atoms with van der Waals surface area (Å²) >= 11 is 1.96. The van der Waals surface area contributed by atoms with Crippen LogP contribution >= 0.6 is 11.8 Å². The van der Waals surface area contributed by atoms with E-state index in [9.17, 15) is 0 Å². The minimum Gasteiger partial charge on any atom is -0.377 e. The van der Waals surface area contributed by atoms with E-state index < -0.39 is 0 Å². The fourth-order valence-electron chi connectivity index (χ4n) is 2.36. The average molecular weight is 265 g/mol. The molecule has 0 radical (unpaired) electrons. The number of ether oxygens (including phenoxy) is 1. The first-order chi connectivity index (χ1) is 8.56. The number of aryl methyl sites for hydroxylation is 1. The topological polar surface area (TPSA) is 35.2 Å². The van der Waals surface area contributed by atoms with Crippen molar-refractivity contribution in [3.8, 4) is 0 Å². The Morgan fingerprint density at radius 3 is 2.89 bits per heavy atom. The number of hydrogen-bond donors (Lipinski definition) is 1. The molecule has 0 saturated carbocycles. The van der Waals surface area contributed by atoms with Crippen LogP contribution in [0.15, 0.2) is 23.1 Å². The van der Waals surface area contributed by atoms with Gasteiger partial charge in [-0.05, 0) is 45.2 Å². The van der Waals surface area contributed by atoms with Crippen molar-refractivity contribution in [1.29, 1.82) is 0 Å². The van der Waals surface area contributed by atoms with E-state index in [0.29, 0.717) is 11.4 Å². The summed E-state index contributed by atoms with van der Waals surface area (Å²) < 4.78 is 5.64. The van der Waals surface area contributed by atoms with Crippen molar-refractivity contribution in [2.75, 3.05) is 6.61 Å². The van der Waals surface area contributed by atoms with Crippen LogP contribution in [0.25, 0.3) is 0 Å². The van der Waals surface area contributed by atoms with Crippen LogP contribution in [0.3, 0.4) is 0 Å². The highest BCUT2D eigenvalue weighted by molar-refractivity contribution is 8.00. The minimum absolute atomic E-state index is 0.211. The van der Waals surface area contributed by atoms with Crippen molar-refractivity contribution in [2.45, 2.75) is 55.9 Å². The van der Waals surface area contributed by atoms with Crippen molar-refractivity contribution in [3.05, 3.63) is 29.3 Å². The Hall–Kier alpha value is -0.510. The van der Waals surface area contributed by atoms with E-state index in [1.807, 2.05) is 11.8 Å². The van der Waals surface area contributed by atoms with Gasteiger partial charge in [0.2, 0.25) is 0 Å². The van der Waals surface area contributed by atoms with Crippen LogP contribution in [0.4, 0.5) is 0 Å². The van der Waals surface area contributed by atoms with Gasteiger partial charge in [0.05, 0.1) is 6.10 Å². The van der Waals surface area contributed by atoms with Gasteiger partial charge in [0.25, 0.3) is 0 Å². The fraction of sp³-hybridized carbons (Fsp3) is 0.600. The summed E-state index contributed by atoms with van der Waals surface area (Å²) in [4.78, 5) is 1.38. The molecular formula is C15H23NOS. The third-order valence-electron chi connectivity index (χ3n) is 3.34. The molecule has 2 rings (SSSR count). The zero-order valence-corrected chi connectivity index (χ0v) is 12.3. The molecule has 3 atom stereocenters. The average Bonchev–Trinajstić information content (AvgIpc) is 2.67. The predicted molar refractivity (Wildman–Crippen MR) is 78.2 cm³/mol. The third-order valence-corrected chi connectivity index (χ3v) is 4.92. The SMILES string of the molecule is Cc1ccc(SC2CCOC2C)c(CC(C)N)c1. The van der Waals surface area contributed by atoms with E-state index in [-0.39, 0.29) is 6.04 Å². The van der Waals surface area contributed by atoms with Gasteiger partial charge >= 0.3 is 0 Å². The van der Waals surface area contributed by atoms with Gasteiger partial charge in [0.15, 0.2) is 0 Å². The van der Waals surface area contributed by atoms with Gasteiger partial charge in [-0.15, -0.1) is 11.8 Å². The molecule has 0 amide bonds. The summed E-state index contributed by atoms with van der Waals surface area (Å²) in [5.41, 5.74) is 8.64. The number of nitrogens with two attached hydrogens (primary N) is 1. The van der Waals surface area contributed by atoms with Crippen molar-refractivity contribution in [3.63, 3.8) is 0 Å². The zero-order chi connectivity index (χ0) is 13.1. The molecule has 0 aliphatic carbocycles. The maximum absolute atomic E-state index is 5.94. The molecule has 1 aliphatic rings. The Bertz CT molecular complexity index is 405. The summed E-state index contributed by atoms with van der Waals surface area (Å²) in [6.45, 7) is 7.27. The quantitative estimate of drug-likeness (QED) is 0.908. The zero-order valence-electron chi connectivity index (χ0n) is 11.5. The normalized spacial score (nSPS) is 25.3. The lowest BCUT2D eigenvalue weighted by atomic mass is 10.1. The van der Waals surface area contributed by atoms with Gasteiger partial charge in [-0.1, -0.05) is 17.7 Å². The van der Waals surface area contributed by atoms with E-state index in [1.54, 1.807) is 0 Å². The first kappa shape index (κ1) is 13.9. The molecule has 1 aromatic carbocycles. The van der Waals surface area contributed by atoms with Crippen molar-refractivity contribution >= 4 is 11.8 Å². The molecule has 1 heterocycles. The smallest absolute Gasteiger partial charge is 0.0669 e. The molecule has 18 heavy (non-hydrogen) atoms. The lowest BCUT2D eigenvalue weighted by molar-refractivity contribution is 0.127. The molecule has 1 aromatic rings. The minimum atomic E-state index is 0.211. The highest BCUT2D eigenvalue weighted by Gasteiger charge is 2.25. The number of hydrogen-bond acceptors (Lipinski definition) is 3. The Labute approximate surface area is 114 Å². The van der Waals surface area contributed by atoms with E-state index in [2.05, 4.69) is 39.0 Å². The third kappa shape index (κ3) is 3.50. The number of rotatable bonds is 4. The van der Waals surface area contributed by atoms with Crippen molar-refractivity contribution in [1.82, 2.24) is 0 Å². The van der Waals surface area contributed by atoms with Crippen molar-refractivity contribution in [2.24, 2.45) is 5.73 Å². The Morgan fingerprint density at radius 1 is 1.50 bits per heavy atom. The van der Waals surface area contributed by atoms with Crippen LogP contribution < -0.4 is 5.73 Å². The molecule has 100 valence electrons. The summed E-state index contributed by atoms with van der Waals surface area (Å²) in [5.74, 6) is 0. The maximum atomic E-state index is 5.94. The van der Waals surface area contributed by atoms with Gasteiger partial charge in [-0.2, -0.15) is 0 Å². The monoisotopic (exact) mass is 265 g/mol. The van der Waals surface area contributed by atoms with E-state index in [0.717, 1.165) is 19.4 Å². The summed E-state index contributed by atoms with van der Waals surface area (Å²) in [6.07, 6.45) is 2.46. The van der Waals surface area contributed by atoms with Gasteiger partial charge < -0.3 is 10.5 Å². The molecule has 0 spiro atoms. The molecular weight excluding hydrogens is 242 g/mol. The van der Waals surface area contributed by atoms with E-state index in [1.165, 1.54) is 16.0 Å². The van der Waals surface area contributed by atoms with E-state index in [4.69, 9.17) is 10.5 Å². The van der Waals surface area contributed by atoms with Crippen LogP contribution in [0.5, 0.6) is 0 Å². The Morgan fingerprint density at radius 2 is 2.28 bits per heavy atom. The van der Waals surface area contributed by atoms with Gasteiger partial charge in [0.1, 0.15) is 0 Å². The molecule has 1 saturated heterocycles. The van der Waals surface area contributed by atoms with Crippen LogP contribution in [0.2, 0.25) is 0 Å². The van der Waals surface area contributed by atoms with Crippen LogP contribution in [0, 0.1) is 6.92 Å². The largest absolute Gasteiger partial charge is 0.377 e. The van der Waals surface area contributed by atoms with Crippen molar-refractivity contribution < 1.29 is 4.74 Å². The Kier molecular flexibility index (Phi) is 4.71. The van der Waals surface area contributed by atoms with Crippen LogP contribution in [-0.2, 0) is 11.2 Å². The lowest BCUT2D eigenvalue weighted by Gasteiger charge is -2.17. The molecule has 3 unspecified atom stereocenters. The second-order valence-electron chi connectivity index (χ2n) is 5.31. The fourth-order valence-corrected chi connectivity index (χ4v) is 3.61. The van der Waals surface area contributed by atoms with Crippen LogP contribution in [0.1, 0.15) is 31.4 Å². The molecule has 2 nitrogen and oxygen atoms in total. The second kappa shape index (κ2) is 6.09. The summed E-state index contributed by atoms with van der Waals surface area (Å²) in [5, 5.41) is 0.583. The standard InChI is InChI=1S/C15H23NOS/c1-10-4-5-15(13(8-10)9-11(2)16)18-14-6-7-17-12(14)3/h4-5,8,11-12,14H,6-7,9,16H2,1-3H3. The number of thioether (sulfide) groups is 1. The summed E-state index contributed by atoms with van der Waals surface area (Å²) in [7, 11) is 0. The van der Waals surface area contributed by atoms with Gasteiger partial charge in [-0.25, -0.2) is 0 Å². The first-order valence-corrected chi connectivity index (χ1v) is 7.57. The lowest BCUT2D eigenvalue weighted by Crippen LogP contribution is -2.19. The molecule has 0 aromatic heterocycles. The highest BCUT2D eigenvalue weighted by Crippen LogP contribution is 2.35. The van der Waals surface area contributed by atoms with Gasteiger partial charge in [-0.3, -0.25) is 0 Å². The van der Waals surface area contributed by atoms with Crippen LogP contribution in [-0.4, -0.2) is 24.0 Å². The molecule has 1 fully saturated rings. The molecule has 0 bridgehead atoms. The second-order valence-corrected chi connectivity index (χ2v) is 6.59.